The molecule has 4 aromatic rings. The Hall–Kier alpha value is -2.96. The zero-order chi connectivity index (χ0) is 20.4. The van der Waals surface area contributed by atoms with Gasteiger partial charge >= 0.3 is 0 Å². The molecule has 0 bridgehead atoms. The van der Waals surface area contributed by atoms with Gasteiger partial charge in [-0.15, -0.1) is 0 Å². The Morgan fingerprint density at radius 3 is 2.79 bits per heavy atom. The summed E-state index contributed by atoms with van der Waals surface area (Å²) < 4.78 is 37.8. The Labute approximate surface area is 171 Å². The molecule has 0 aliphatic carbocycles. The van der Waals surface area contributed by atoms with E-state index in [1.165, 1.54) is 6.07 Å². The summed E-state index contributed by atoms with van der Waals surface area (Å²) >= 11 is 0.986. The number of benzene rings is 1. The van der Waals surface area contributed by atoms with Crippen LogP contribution in [0.25, 0.3) is 16.9 Å². The molecule has 0 aliphatic rings. The highest BCUT2D eigenvalue weighted by atomic mass is 32.2. The molecule has 3 aromatic heterocycles. The lowest BCUT2D eigenvalue weighted by Crippen LogP contribution is -2.29. The van der Waals surface area contributed by atoms with Crippen LogP contribution in [-0.2, 0) is 10.0 Å². The lowest BCUT2D eigenvalue weighted by atomic mass is 10.3. The van der Waals surface area contributed by atoms with Gasteiger partial charge < -0.3 is 5.32 Å². The van der Waals surface area contributed by atoms with Crippen molar-refractivity contribution in [3.05, 3.63) is 48.3 Å². The van der Waals surface area contributed by atoms with E-state index >= 15 is 0 Å². The maximum Gasteiger partial charge on any atom is 0.242 e. The Kier molecular flexibility index (Phi) is 5.22. The lowest BCUT2D eigenvalue weighted by molar-refractivity contribution is 0.583. The van der Waals surface area contributed by atoms with Gasteiger partial charge in [-0.1, -0.05) is 6.07 Å². The van der Waals surface area contributed by atoms with E-state index in [9.17, 15) is 8.42 Å². The van der Waals surface area contributed by atoms with E-state index in [0.29, 0.717) is 35.0 Å². The molecule has 0 amide bonds. The highest BCUT2D eigenvalue weighted by Gasteiger charge is 2.18. The van der Waals surface area contributed by atoms with Gasteiger partial charge in [0.15, 0.2) is 0 Å². The van der Waals surface area contributed by atoms with Crippen molar-refractivity contribution in [3.63, 3.8) is 0 Å². The molecular formula is C17H18N8O2S2. The van der Waals surface area contributed by atoms with Gasteiger partial charge in [-0.25, -0.2) is 28.1 Å². The predicted molar refractivity (Wildman–Crippen MR) is 110 cm³/mol. The van der Waals surface area contributed by atoms with Gasteiger partial charge in [-0.3, -0.25) is 4.57 Å². The predicted octanol–water partition coefficient (Wildman–Crippen LogP) is 1.67. The summed E-state index contributed by atoms with van der Waals surface area (Å²) in [6, 6.07) is 6.70. The van der Waals surface area contributed by atoms with Gasteiger partial charge in [0, 0.05) is 31.5 Å². The Morgan fingerprint density at radius 2 is 2.00 bits per heavy atom. The summed E-state index contributed by atoms with van der Waals surface area (Å²) in [5, 5.41) is 3.13. The second kappa shape index (κ2) is 7.81. The topological polar surface area (TPSA) is 128 Å². The fourth-order valence-corrected chi connectivity index (χ4v) is 4.63. The van der Waals surface area contributed by atoms with Crippen molar-refractivity contribution in [1.82, 2.24) is 33.0 Å². The molecule has 1 aromatic carbocycles. The molecule has 0 radical (unpaired) electrons. The zero-order valence-corrected chi connectivity index (χ0v) is 17.3. The molecule has 12 heteroatoms. The van der Waals surface area contributed by atoms with E-state index in [4.69, 9.17) is 0 Å². The molecule has 150 valence electrons. The molecule has 2 N–H and O–H groups in total. The van der Waals surface area contributed by atoms with Crippen LogP contribution < -0.4 is 10.0 Å². The molecule has 0 aliphatic heterocycles. The van der Waals surface area contributed by atoms with E-state index in [1.807, 2.05) is 17.7 Å². The summed E-state index contributed by atoms with van der Waals surface area (Å²) in [4.78, 5) is 13.1. The number of hydrogen-bond acceptors (Lipinski definition) is 9. The maximum absolute atomic E-state index is 12.6. The first-order valence-corrected chi connectivity index (χ1v) is 11.0. The molecule has 0 saturated carbocycles. The van der Waals surface area contributed by atoms with Crippen molar-refractivity contribution in [1.29, 1.82) is 0 Å². The van der Waals surface area contributed by atoms with E-state index in [2.05, 4.69) is 33.7 Å². The van der Waals surface area contributed by atoms with Gasteiger partial charge in [0.05, 0.1) is 11.7 Å². The van der Waals surface area contributed by atoms with Crippen LogP contribution in [-0.4, -0.2) is 49.8 Å². The SMILES string of the molecule is Cc1nc(NCCNS(=O)(=O)c2cccc3nsnc23)cc(-n2ccnc2C)n1. The maximum atomic E-state index is 12.6. The van der Waals surface area contributed by atoms with Crippen molar-refractivity contribution >= 4 is 38.6 Å². The molecule has 0 atom stereocenters. The molecule has 4 rings (SSSR count). The monoisotopic (exact) mass is 430 g/mol. The highest BCUT2D eigenvalue weighted by Crippen LogP contribution is 2.20. The van der Waals surface area contributed by atoms with Gasteiger partial charge in [0.2, 0.25) is 10.0 Å². The summed E-state index contributed by atoms with van der Waals surface area (Å²) in [5.74, 6) is 2.71. The zero-order valence-electron chi connectivity index (χ0n) is 15.7. The molecule has 0 saturated heterocycles. The minimum atomic E-state index is -3.70. The number of aromatic nitrogens is 6. The van der Waals surface area contributed by atoms with Crippen LogP contribution in [0.3, 0.4) is 0 Å². The lowest BCUT2D eigenvalue weighted by Gasteiger charge is -2.11. The highest BCUT2D eigenvalue weighted by molar-refractivity contribution is 7.89. The number of fused-ring (bicyclic) bond motifs is 1. The van der Waals surface area contributed by atoms with Crippen LogP contribution in [0.1, 0.15) is 11.6 Å². The number of anilines is 1. The molecule has 0 spiro atoms. The standard InChI is InChI=1S/C17H18N8O2S2/c1-11-21-15(10-16(22-11)25-9-8-18-12(25)2)19-6-7-20-29(26,27)14-5-3-4-13-17(14)24-28-23-13/h3-5,8-10,20H,6-7H2,1-2H3,(H,19,21,22). The third-order valence-electron chi connectivity index (χ3n) is 4.16. The summed E-state index contributed by atoms with van der Waals surface area (Å²) in [6.45, 7) is 4.21. The van der Waals surface area contributed by atoms with Crippen molar-refractivity contribution in [2.45, 2.75) is 18.7 Å². The van der Waals surface area contributed by atoms with E-state index in [-0.39, 0.29) is 11.4 Å². The fraction of sp³-hybridized carbons (Fsp3) is 0.235. The van der Waals surface area contributed by atoms with Gasteiger partial charge in [-0.2, -0.15) is 8.75 Å². The number of sulfonamides is 1. The Bertz CT molecular complexity index is 1270. The second-order valence-electron chi connectivity index (χ2n) is 6.22. The molecule has 29 heavy (non-hydrogen) atoms. The van der Waals surface area contributed by atoms with Crippen molar-refractivity contribution in [2.24, 2.45) is 0 Å². The number of rotatable bonds is 7. The number of imidazole rings is 1. The third-order valence-corrected chi connectivity index (χ3v) is 6.19. The van der Waals surface area contributed by atoms with Crippen LogP contribution in [0.2, 0.25) is 0 Å². The van der Waals surface area contributed by atoms with Crippen LogP contribution in [0.5, 0.6) is 0 Å². The first kappa shape index (κ1) is 19.4. The average Bonchev–Trinajstić information content (AvgIpc) is 3.33. The quantitative estimate of drug-likeness (QED) is 0.424. The second-order valence-corrected chi connectivity index (χ2v) is 8.48. The van der Waals surface area contributed by atoms with Crippen LogP contribution in [0.15, 0.2) is 41.6 Å². The van der Waals surface area contributed by atoms with Crippen LogP contribution in [0, 0.1) is 13.8 Å². The Morgan fingerprint density at radius 1 is 1.14 bits per heavy atom. The molecule has 0 fully saturated rings. The van der Waals surface area contributed by atoms with E-state index in [1.54, 1.807) is 31.3 Å². The first-order valence-electron chi connectivity index (χ1n) is 8.75. The molecular weight excluding hydrogens is 412 g/mol. The summed E-state index contributed by atoms with van der Waals surface area (Å²) in [7, 11) is -3.70. The number of hydrogen-bond donors (Lipinski definition) is 2. The molecule has 3 heterocycles. The number of nitrogens with one attached hydrogen (secondary N) is 2. The normalized spacial score (nSPS) is 11.8. The number of aryl methyl sites for hydroxylation is 2. The van der Waals surface area contributed by atoms with E-state index < -0.39 is 10.0 Å². The van der Waals surface area contributed by atoms with E-state index in [0.717, 1.165) is 17.6 Å². The fourth-order valence-electron chi connectivity index (χ4n) is 2.84. The average molecular weight is 431 g/mol. The summed E-state index contributed by atoms with van der Waals surface area (Å²) in [5.41, 5.74) is 0.944. The minimum absolute atomic E-state index is 0.125. The first-order chi connectivity index (χ1) is 13.9. The van der Waals surface area contributed by atoms with Gasteiger partial charge in [0.25, 0.3) is 0 Å². The largest absolute Gasteiger partial charge is 0.369 e. The van der Waals surface area contributed by atoms with Gasteiger partial charge in [-0.05, 0) is 26.0 Å². The Balaban J connectivity index is 1.43. The number of nitrogens with zero attached hydrogens (tertiary/aromatic N) is 6. The van der Waals surface area contributed by atoms with Crippen LogP contribution in [0.4, 0.5) is 5.82 Å². The third kappa shape index (κ3) is 4.09. The van der Waals surface area contributed by atoms with Crippen molar-refractivity contribution < 1.29 is 8.42 Å². The smallest absolute Gasteiger partial charge is 0.242 e. The van der Waals surface area contributed by atoms with Gasteiger partial charge in [0.1, 0.15) is 39.2 Å². The molecule has 0 unspecified atom stereocenters. The van der Waals surface area contributed by atoms with Crippen molar-refractivity contribution in [2.75, 3.05) is 18.4 Å². The molecule has 10 nitrogen and oxygen atoms in total. The van der Waals surface area contributed by atoms with Crippen LogP contribution >= 0.6 is 11.7 Å². The van der Waals surface area contributed by atoms with Crippen molar-refractivity contribution in [3.8, 4) is 5.82 Å². The summed E-state index contributed by atoms with van der Waals surface area (Å²) in [6.07, 6.45) is 3.52. The minimum Gasteiger partial charge on any atom is -0.369 e.